The summed E-state index contributed by atoms with van der Waals surface area (Å²) >= 11 is 0. The molecule has 1 atom stereocenters. The number of nitrogens with one attached hydrogen (secondary N) is 1. The van der Waals surface area contributed by atoms with E-state index in [1.807, 2.05) is 24.3 Å². The SMILES string of the molecule is CC(C)[C@H](NS(=O)(=O)c1ccc2ccccc2c1)C(=O)OC(C)(C)C. The van der Waals surface area contributed by atoms with E-state index in [2.05, 4.69) is 4.72 Å². The van der Waals surface area contributed by atoms with Crippen molar-refractivity contribution in [1.82, 2.24) is 4.72 Å². The predicted octanol–water partition coefficient (Wildman–Crippen LogP) is 3.48. The van der Waals surface area contributed by atoms with Crippen molar-refractivity contribution in [3.05, 3.63) is 42.5 Å². The van der Waals surface area contributed by atoms with E-state index in [9.17, 15) is 13.2 Å². The van der Waals surface area contributed by atoms with Crippen LogP contribution < -0.4 is 4.72 Å². The van der Waals surface area contributed by atoms with Crippen LogP contribution in [0.15, 0.2) is 47.4 Å². The van der Waals surface area contributed by atoms with Gasteiger partial charge in [-0.15, -0.1) is 0 Å². The highest BCUT2D eigenvalue weighted by molar-refractivity contribution is 7.89. The number of carbonyl (C=O) groups excluding carboxylic acids is 1. The summed E-state index contributed by atoms with van der Waals surface area (Å²) in [7, 11) is -3.85. The highest BCUT2D eigenvalue weighted by Crippen LogP contribution is 2.20. The van der Waals surface area contributed by atoms with Crippen molar-refractivity contribution in [1.29, 1.82) is 0 Å². The lowest BCUT2D eigenvalue weighted by Crippen LogP contribution is -2.47. The summed E-state index contributed by atoms with van der Waals surface area (Å²) in [5, 5.41) is 1.78. The van der Waals surface area contributed by atoms with Crippen LogP contribution in [0.2, 0.25) is 0 Å². The van der Waals surface area contributed by atoms with E-state index < -0.39 is 27.6 Å². The third-order valence-corrected chi connectivity index (χ3v) is 5.08. The van der Waals surface area contributed by atoms with E-state index >= 15 is 0 Å². The quantitative estimate of drug-likeness (QED) is 0.826. The van der Waals surface area contributed by atoms with Gasteiger partial charge in [0.1, 0.15) is 11.6 Å². The van der Waals surface area contributed by atoms with Crippen molar-refractivity contribution in [2.75, 3.05) is 0 Å². The van der Waals surface area contributed by atoms with Crippen LogP contribution in [0.5, 0.6) is 0 Å². The number of rotatable bonds is 5. The van der Waals surface area contributed by atoms with Gasteiger partial charge in [0.2, 0.25) is 10.0 Å². The first-order valence-corrected chi connectivity index (χ1v) is 9.72. The van der Waals surface area contributed by atoms with Gasteiger partial charge in [0.15, 0.2) is 0 Å². The van der Waals surface area contributed by atoms with E-state index in [1.54, 1.807) is 46.8 Å². The predicted molar refractivity (Wildman–Crippen MR) is 98.7 cm³/mol. The first-order chi connectivity index (χ1) is 11.5. The number of hydrogen-bond donors (Lipinski definition) is 1. The van der Waals surface area contributed by atoms with Crippen LogP contribution in [0, 0.1) is 5.92 Å². The average molecular weight is 363 g/mol. The van der Waals surface area contributed by atoms with Crippen LogP contribution in [-0.4, -0.2) is 26.0 Å². The van der Waals surface area contributed by atoms with Gasteiger partial charge in [-0.25, -0.2) is 8.42 Å². The molecular weight excluding hydrogens is 338 g/mol. The van der Waals surface area contributed by atoms with Crippen LogP contribution in [0.25, 0.3) is 10.8 Å². The number of carbonyl (C=O) groups is 1. The Bertz CT molecular complexity index is 866. The van der Waals surface area contributed by atoms with Crippen molar-refractivity contribution < 1.29 is 17.9 Å². The first-order valence-electron chi connectivity index (χ1n) is 8.23. The van der Waals surface area contributed by atoms with E-state index in [-0.39, 0.29) is 10.8 Å². The van der Waals surface area contributed by atoms with E-state index in [4.69, 9.17) is 4.74 Å². The van der Waals surface area contributed by atoms with Gasteiger partial charge in [0.05, 0.1) is 4.90 Å². The Morgan fingerprint density at radius 1 is 1.04 bits per heavy atom. The molecule has 2 aromatic carbocycles. The Morgan fingerprint density at radius 3 is 2.20 bits per heavy atom. The fourth-order valence-corrected chi connectivity index (χ4v) is 3.76. The number of sulfonamides is 1. The molecule has 0 fully saturated rings. The topological polar surface area (TPSA) is 72.5 Å². The van der Waals surface area contributed by atoms with Gasteiger partial charge in [0, 0.05) is 0 Å². The zero-order valence-electron chi connectivity index (χ0n) is 15.2. The molecule has 0 saturated heterocycles. The lowest BCUT2D eigenvalue weighted by Gasteiger charge is -2.26. The summed E-state index contributed by atoms with van der Waals surface area (Å²) in [4.78, 5) is 12.5. The maximum absolute atomic E-state index is 12.7. The van der Waals surface area contributed by atoms with Crippen LogP contribution in [0.4, 0.5) is 0 Å². The zero-order valence-corrected chi connectivity index (χ0v) is 16.1. The van der Waals surface area contributed by atoms with Gasteiger partial charge >= 0.3 is 5.97 Å². The first kappa shape index (κ1) is 19.4. The van der Waals surface area contributed by atoms with Crippen LogP contribution in [0.3, 0.4) is 0 Å². The van der Waals surface area contributed by atoms with Gasteiger partial charge in [-0.2, -0.15) is 4.72 Å². The molecular formula is C19H25NO4S. The molecule has 0 heterocycles. The Hall–Kier alpha value is -1.92. The highest BCUT2D eigenvalue weighted by Gasteiger charge is 2.32. The number of benzene rings is 2. The Labute approximate surface area is 149 Å². The Balaban J connectivity index is 2.31. The van der Waals surface area contributed by atoms with Gasteiger partial charge in [-0.05, 0) is 49.6 Å². The summed E-state index contributed by atoms with van der Waals surface area (Å²) in [6, 6.07) is 11.5. The van der Waals surface area contributed by atoms with Crippen molar-refractivity contribution in [3.8, 4) is 0 Å². The molecule has 0 spiro atoms. The molecule has 0 bridgehead atoms. The molecule has 6 heteroatoms. The second-order valence-electron chi connectivity index (χ2n) is 7.39. The van der Waals surface area contributed by atoms with Crippen LogP contribution >= 0.6 is 0 Å². The van der Waals surface area contributed by atoms with Crippen molar-refractivity contribution in [2.45, 2.75) is 51.2 Å². The van der Waals surface area contributed by atoms with Crippen LogP contribution in [0.1, 0.15) is 34.6 Å². The van der Waals surface area contributed by atoms with Gasteiger partial charge in [-0.3, -0.25) is 4.79 Å². The second-order valence-corrected chi connectivity index (χ2v) is 9.10. The molecule has 1 N–H and O–H groups in total. The summed E-state index contributed by atoms with van der Waals surface area (Å²) in [5.74, 6) is -0.822. The van der Waals surface area contributed by atoms with E-state index in [0.29, 0.717) is 0 Å². The van der Waals surface area contributed by atoms with Crippen molar-refractivity contribution in [2.24, 2.45) is 5.92 Å². The van der Waals surface area contributed by atoms with Gasteiger partial charge in [0.25, 0.3) is 0 Å². The molecule has 0 aliphatic carbocycles. The largest absolute Gasteiger partial charge is 0.459 e. The highest BCUT2D eigenvalue weighted by atomic mass is 32.2. The molecule has 2 aromatic rings. The fourth-order valence-electron chi connectivity index (χ4n) is 2.39. The minimum Gasteiger partial charge on any atom is -0.459 e. The summed E-state index contributed by atoms with van der Waals surface area (Å²) in [5.41, 5.74) is -0.682. The molecule has 0 unspecified atom stereocenters. The normalized spacial score (nSPS) is 13.8. The summed E-state index contributed by atoms with van der Waals surface area (Å²) in [6.45, 7) is 8.80. The van der Waals surface area contributed by atoms with Gasteiger partial charge in [-0.1, -0.05) is 44.2 Å². The molecule has 0 aliphatic heterocycles. The number of fused-ring (bicyclic) bond motifs is 1. The molecule has 0 aliphatic rings. The van der Waals surface area contributed by atoms with Gasteiger partial charge < -0.3 is 4.74 Å². The molecule has 25 heavy (non-hydrogen) atoms. The number of esters is 1. The van der Waals surface area contributed by atoms with Crippen molar-refractivity contribution in [3.63, 3.8) is 0 Å². The zero-order chi connectivity index (χ0) is 18.8. The molecule has 5 nitrogen and oxygen atoms in total. The summed E-state index contributed by atoms with van der Waals surface area (Å²) < 4.78 is 33.3. The molecule has 0 aromatic heterocycles. The lowest BCUT2D eigenvalue weighted by molar-refractivity contribution is -0.158. The maximum Gasteiger partial charge on any atom is 0.324 e. The standard InChI is InChI=1S/C19H25NO4S/c1-13(2)17(18(21)24-19(3,4)5)20-25(22,23)16-11-10-14-8-6-7-9-15(14)12-16/h6-13,17,20H,1-5H3/t17-/m0/s1. The van der Waals surface area contributed by atoms with E-state index in [0.717, 1.165) is 10.8 Å². The molecule has 0 saturated carbocycles. The fraction of sp³-hybridized carbons (Fsp3) is 0.421. The summed E-state index contributed by atoms with van der Waals surface area (Å²) in [6.07, 6.45) is 0. The third-order valence-electron chi connectivity index (χ3n) is 3.64. The number of hydrogen-bond acceptors (Lipinski definition) is 4. The lowest BCUT2D eigenvalue weighted by atomic mass is 10.1. The maximum atomic E-state index is 12.7. The third kappa shape index (κ3) is 5.03. The molecule has 136 valence electrons. The smallest absolute Gasteiger partial charge is 0.324 e. The van der Waals surface area contributed by atoms with Crippen LogP contribution in [-0.2, 0) is 19.6 Å². The Kier molecular flexibility index (Phi) is 5.54. The molecule has 0 radical (unpaired) electrons. The molecule has 0 amide bonds. The average Bonchev–Trinajstić information content (AvgIpc) is 2.50. The molecule has 2 rings (SSSR count). The second kappa shape index (κ2) is 7.14. The van der Waals surface area contributed by atoms with Crippen molar-refractivity contribution >= 4 is 26.8 Å². The monoisotopic (exact) mass is 363 g/mol. The van der Waals surface area contributed by atoms with E-state index in [1.165, 1.54) is 6.07 Å². The minimum atomic E-state index is -3.85. The number of ether oxygens (including phenoxy) is 1. The minimum absolute atomic E-state index is 0.125. The Morgan fingerprint density at radius 2 is 1.64 bits per heavy atom.